The van der Waals surface area contributed by atoms with E-state index >= 15 is 0 Å². The minimum Gasteiger partial charge on any atom is -0.493 e. The molecule has 8 heteroatoms. The molecule has 0 saturated heterocycles. The van der Waals surface area contributed by atoms with Crippen LogP contribution >= 0.6 is 0 Å². The van der Waals surface area contributed by atoms with Gasteiger partial charge in [-0.1, -0.05) is 6.07 Å². The Bertz CT molecular complexity index is 893. The number of alkyl halides is 3. The van der Waals surface area contributed by atoms with Crippen LogP contribution in [-0.4, -0.2) is 24.3 Å². The molecular weight excluding hydrogens is 353 g/mol. The van der Waals surface area contributed by atoms with Crippen LogP contribution in [0.25, 0.3) is 0 Å². The molecule has 1 fully saturated rings. The molecule has 136 valence electrons. The van der Waals surface area contributed by atoms with Crippen LogP contribution in [0.5, 0.6) is 23.0 Å². The Kier molecular flexibility index (Phi) is 3.54. The number of carbonyl (C=O) groups is 1. The Hall–Kier alpha value is -2.90. The molecule has 2 aromatic carbocycles. The highest BCUT2D eigenvalue weighted by Crippen LogP contribution is 2.59. The minimum atomic E-state index is -4.48. The van der Waals surface area contributed by atoms with E-state index in [-0.39, 0.29) is 23.5 Å². The van der Waals surface area contributed by atoms with Crippen molar-refractivity contribution in [3.05, 3.63) is 47.5 Å². The van der Waals surface area contributed by atoms with Crippen molar-refractivity contribution in [2.45, 2.75) is 18.2 Å². The fourth-order valence-electron chi connectivity index (χ4n) is 3.25. The fourth-order valence-corrected chi connectivity index (χ4v) is 3.25. The molecular formula is C18H13F3O5. The lowest BCUT2D eigenvalue weighted by Crippen LogP contribution is -2.08. The van der Waals surface area contributed by atoms with Crippen LogP contribution in [-0.2, 0) is 11.0 Å². The minimum absolute atomic E-state index is 0.0463. The normalized spacial score (nSPS) is 22.8. The zero-order chi connectivity index (χ0) is 18.6. The van der Waals surface area contributed by atoms with Crippen molar-refractivity contribution in [1.29, 1.82) is 0 Å². The van der Waals surface area contributed by atoms with Crippen LogP contribution in [0.3, 0.4) is 0 Å². The molecule has 4 rings (SSSR count). The topological polar surface area (TPSA) is 65.0 Å². The number of carboxylic acid groups (broad SMARTS) is 1. The third-order valence-corrected chi connectivity index (χ3v) is 4.57. The maximum atomic E-state index is 12.8. The highest BCUT2D eigenvalue weighted by Gasteiger charge is 2.63. The quantitative estimate of drug-likeness (QED) is 0.884. The molecule has 1 N–H and O–H groups in total. The third kappa shape index (κ3) is 2.61. The van der Waals surface area contributed by atoms with Gasteiger partial charge in [-0.05, 0) is 24.3 Å². The first kappa shape index (κ1) is 16.6. The largest absolute Gasteiger partial charge is 0.493 e. The summed E-state index contributed by atoms with van der Waals surface area (Å²) in [6.07, 6.45) is -4.84. The Morgan fingerprint density at radius 3 is 2.58 bits per heavy atom. The van der Waals surface area contributed by atoms with Gasteiger partial charge >= 0.3 is 12.1 Å². The van der Waals surface area contributed by atoms with Crippen LogP contribution in [0, 0.1) is 5.92 Å². The van der Waals surface area contributed by atoms with Gasteiger partial charge in [-0.25, -0.2) is 0 Å². The van der Waals surface area contributed by atoms with E-state index in [1.54, 1.807) is 18.2 Å². The second kappa shape index (κ2) is 5.55. The van der Waals surface area contributed by atoms with Gasteiger partial charge in [0, 0.05) is 17.5 Å². The van der Waals surface area contributed by atoms with Gasteiger partial charge in [0.2, 0.25) is 0 Å². The van der Waals surface area contributed by atoms with Crippen molar-refractivity contribution in [2.75, 3.05) is 7.11 Å². The van der Waals surface area contributed by atoms with E-state index in [4.69, 9.17) is 19.3 Å². The zero-order valence-electron chi connectivity index (χ0n) is 13.4. The van der Waals surface area contributed by atoms with Crippen molar-refractivity contribution in [3.8, 4) is 23.0 Å². The number of ether oxygens (including phenoxy) is 3. The number of aliphatic carboxylic acids is 1. The van der Waals surface area contributed by atoms with Crippen molar-refractivity contribution >= 4 is 5.97 Å². The summed E-state index contributed by atoms with van der Waals surface area (Å²) < 4.78 is 54.6. The van der Waals surface area contributed by atoms with E-state index in [2.05, 4.69) is 0 Å². The number of carboxylic acids is 1. The molecule has 0 unspecified atom stereocenters. The lowest BCUT2D eigenvalue weighted by atomic mass is 10.1. The molecule has 3 atom stereocenters. The predicted molar refractivity (Wildman–Crippen MR) is 82.8 cm³/mol. The summed E-state index contributed by atoms with van der Waals surface area (Å²) in [5.41, 5.74) is -0.0343. The SMILES string of the molecule is COc1cc(C(F)(F)F)ccc1Oc1ccc2c(c1)O[C@H]1[C@H](C(=O)O)[C@@H]21. The third-order valence-electron chi connectivity index (χ3n) is 4.57. The highest BCUT2D eigenvalue weighted by molar-refractivity contribution is 5.79. The molecule has 0 spiro atoms. The summed E-state index contributed by atoms with van der Waals surface area (Å²) in [5, 5.41) is 9.07. The van der Waals surface area contributed by atoms with Gasteiger partial charge in [0.15, 0.2) is 11.5 Å². The first-order valence-electron chi connectivity index (χ1n) is 7.76. The van der Waals surface area contributed by atoms with Crippen LogP contribution in [0.15, 0.2) is 36.4 Å². The zero-order valence-corrected chi connectivity index (χ0v) is 13.4. The van der Waals surface area contributed by atoms with Crippen molar-refractivity contribution in [2.24, 2.45) is 5.92 Å². The lowest BCUT2D eigenvalue weighted by molar-refractivity contribution is -0.139. The Morgan fingerprint density at radius 1 is 1.15 bits per heavy atom. The van der Waals surface area contributed by atoms with Crippen molar-refractivity contribution < 1.29 is 37.3 Å². The Balaban J connectivity index is 1.57. The van der Waals surface area contributed by atoms with Crippen molar-refractivity contribution in [1.82, 2.24) is 0 Å². The van der Waals surface area contributed by atoms with Crippen LogP contribution in [0.2, 0.25) is 0 Å². The van der Waals surface area contributed by atoms with E-state index in [0.29, 0.717) is 11.5 Å². The number of methoxy groups -OCH3 is 1. The molecule has 0 amide bonds. The molecule has 2 aromatic rings. The smallest absolute Gasteiger partial charge is 0.416 e. The maximum Gasteiger partial charge on any atom is 0.416 e. The van der Waals surface area contributed by atoms with Gasteiger partial charge in [0.25, 0.3) is 0 Å². The molecule has 1 aliphatic heterocycles. The van der Waals surface area contributed by atoms with Crippen LogP contribution in [0.1, 0.15) is 17.0 Å². The van der Waals surface area contributed by atoms with Gasteiger partial charge in [-0.3, -0.25) is 4.79 Å². The average molecular weight is 366 g/mol. The number of halogens is 3. The first-order chi connectivity index (χ1) is 12.3. The summed E-state index contributed by atoms with van der Waals surface area (Å²) in [7, 11) is 1.26. The number of benzene rings is 2. The summed E-state index contributed by atoms with van der Waals surface area (Å²) in [6.45, 7) is 0. The number of rotatable bonds is 4. The molecule has 0 aromatic heterocycles. The van der Waals surface area contributed by atoms with Crippen molar-refractivity contribution in [3.63, 3.8) is 0 Å². The first-order valence-corrected chi connectivity index (χ1v) is 7.76. The Labute approximate surface area is 145 Å². The average Bonchev–Trinajstić information content (AvgIpc) is 3.17. The van der Waals surface area contributed by atoms with E-state index in [9.17, 15) is 18.0 Å². The van der Waals surface area contributed by atoms with Gasteiger partial charge < -0.3 is 19.3 Å². The Morgan fingerprint density at radius 2 is 1.92 bits per heavy atom. The molecule has 1 aliphatic carbocycles. The molecule has 1 saturated carbocycles. The van der Waals surface area contributed by atoms with Gasteiger partial charge in [-0.2, -0.15) is 13.2 Å². The number of fused-ring (bicyclic) bond motifs is 3. The summed E-state index contributed by atoms with van der Waals surface area (Å²) in [5.74, 6) is -0.597. The molecule has 26 heavy (non-hydrogen) atoms. The maximum absolute atomic E-state index is 12.8. The van der Waals surface area contributed by atoms with E-state index in [1.165, 1.54) is 13.2 Å². The van der Waals surface area contributed by atoms with E-state index < -0.39 is 23.6 Å². The summed E-state index contributed by atoms with van der Waals surface area (Å²) >= 11 is 0. The van der Waals surface area contributed by atoms with Crippen LogP contribution < -0.4 is 14.2 Å². The molecule has 0 bridgehead atoms. The van der Waals surface area contributed by atoms with Crippen LogP contribution in [0.4, 0.5) is 13.2 Å². The van der Waals surface area contributed by atoms with E-state index in [0.717, 1.165) is 17.7 Å². The van der Waals surface area contributed by atoms with Gasteiger partial charge in [-0.15, -0.1) is 0 Å². The molecule has 1 heterocycles. The molecule has 2 aliphatic rings. The molecule has 0 radical (unpaired) electrons. The highest BCUT2D eigenvalue weighted by atomic mass is 19.4. The standard InChI is InChI=1S/C18H13F3O5/c1-24-13-6-8(18(19,20)21)2-5-11(13)25-9-3-4-10-12(7-9)26-16-14(10)15(16)17(22)23/h2-7,14-16H,1H3,(H,22,23)/t14-,15-,16-/m1/s1. The number of hydrogen-bond donors (Lipinski definition) is 1. The van der Waals surface area contributed by atoms with E-state index in [1.807, 2.05) is 0 Å². The van der Waals surface area contributed by atoms with Gasteiger partial charge in [0.1, 0.15) is 23.5 Å². The predicted octanol–water partition coefficient (Wildman–Crippen LogP) is 4.07. The second-order valence-corrected chi connectivity index (χ2v) is 6.14. The number of hydrogen-bond acceptors (Lipinski definition) is 4. The molecule has 5 nitrogen and oxygen atoms in total. The van der Waals surface area contributed by atoms with Gasteiger partial charge in [0.05, 0.1) is 12.7 Å². The summed E-state index contributed by atoms with van der Waals surface area (Å²) in [6, 6.07) is 7.90. The summed E-state index contributed by atoms with van der Waals surface area (Å²) in [4.78, 5) is 11.1. The fraction of sp³-hybridized carbons (Fsp3) is 0.278. The lowest BCUT2D eigenvalue weighted by Gasteiger charge is -2.14. The monoisotopic (exact) mass is 366 g/mol. The second-order valence-electron chi connectivity index (χ2n) is 6.14.